The van der Waals surface area contributed by atoms with Gasteiger partial charge in [-0.3, -0.25) is 0 Å². The molecular formula is C20H14FN3. The molecule has 0 amide bonds. The van der Waals surface area contributed by atoms with Crippen molar-refractivity contribution in [1.29, 1.82) is 0 Å². The van der Waals surface area contributed by atoms with E-state index in [2.05, 4.69) is 16.1 Å². The third-order valence-corrected chi connectivity index (χ3v) is 3.84. The molecule has 0 atom stereocenters. The summed E-state index contributed by atoms with van der Waals surface area (Å²) < 4.78 is 14.9. The van der Waals surface area contributed by atoms with Gasteiger partial charge in [0.05, 0.1) is 11.9 Å². The minimum absolute atomic E-state index is 0.233. The fraction of sp³-hybridized carbons (Fsp3) is 0. The molecule has 3 nitrogen and oxygen atoms in total. The van der Waals surface area contributed by atoms with Gasteiger partial charge in [0.2, 0.25) is 0 Å². The molecule has 0 saturated carbocycles. The molecule has 2 aromatic carbocycles. The molecule has 0 unspecified atom stereocenters. The number of nitrogens with zero attached hydrogens (tertiary/aromatic N) is 3. The molecule has 2 aromatic heterocycles. The first-order valence-corrected chi connectivity index (χ1v) is 7.63. The van der Waals surface area contributed by atoms with Gasteiger partial charge in [-0.15, -0.1) is 0 Å². The largest absolute Gasteiger partial charge is 0.237 e. The second-order valence-corrected chi connectivity index (χ2v) is 5.40. The Balaban J connectivity index is 1.78. The SMILES string of the molecule is Fc1ccc(-c2cccc(-c3ccnn3-c3ccccn3)c2)cc1. The van der Waals surface area contributed by atoms with E-state index in [9.17, 15) is 4.39 Å². The van der Waals surface area contributed by atoms with Gasteiger partial charge in [-0.1, -0.05) is 36.4 Å². The minimum Gasteiger partial charge on any atom is -0.237 e. The lowest BCUT2D eigenvalue weighted by Gasteiger charge is -2.08. The van der Waals surface area contributed by atoms with E-state index in [1.165, 1.54) is 12.1 Å². The van der Waals surface area contributed by atoms with E-state index in [-0.39, 0.29) is 5.82 Å². The molecular weight excluding hydrogens is 301 g/mol. The van der Waals surface area contributed by atoms with Crippen LogP contribution in [-0.2, 0) is 0 Å². The molecule has 4 heteroatoms. The van der Waals surface area contributed by atoms with Gasteiger partial charge in [0.1, 0.15) is 5.82 Å². The molecule has 24 heavy (non-hydrogen) atoms. The molecule has 0 spiro atoms. The van der Waals surface area contributed by atoms with Crippen LogP contribution in [0.15, 0.2) is 85.2 Å². The topological polar surface area (TPSA) is 30.7 Å². The fourth-order valence-corrected chi connectivity index (χ4v) is 2.68. The molecule has 116 valence electrons. The Morgan fingerprint density at radius 2 is 1.54 bits per heavy atom. The van der Waals surface area contributed by atoms with E-state index < -0.39 is 0 Å². The Morgan fingerprint density at radius 3 is 2.33 bits per heavy atom. The average molecular weight is 315 g/mol. The molecule has 0 radical (unpaired) electrons. The highest BCUT2D eigenvalue weighted by Gasteiger charge is 2.09. The van der Waals surface area contributed by atoms with Crippen LogP contribution in [0, 0.1) is 5.82 Å². The van der Waals surface area contributed by atoms with Crippen molar-refractivity contribution < 1.29 is 4.39 Å². The third-order valence-electron chi connectivity index (χ3n) is 3.84. The van der Waals surface area contributed by atoms with Crippen LogP contribution >= 0.6 is 0 Å². The van der Waals surface area contributed by atoms with Crippen LogP contribution in [0.5, 0.6) is 0 Å². The number of aromatic nitrogens is 3. The fourth-order valence-electron chi connectivity index (χ4n) is 2.68. The van der Waals surface area contributed by atoms with Crippen molar-refractivity contribution in [1.82, 2.24) is 14.8 Å². The van der Waals surface area contributed by atoms with E-state index in [1.807, 2.05) is 47.1 Å². The van der Waals surface area contributed by atoms with E-state index in [1.54, 1.807) is 24.5 Å². The molecule has 0 aliphatic carbocycles. The first-order valence-electron chi connectivity index (χ1n) is 7.63. The molecule has 2 heterocycles. The van der Waals surface area contributed by atoms with E-state index in [0.29, 0.717) is 0 Å². The smallest absolute Gasteiger partial charge is 0.153 e. The third kappa shape index (κ3) is 2.70. The number of hydrogen-bond acceptors (Lipinski definition) is 2. The summed E-state index contributed by atoms with van der Waals surface area (Å²) in [5, 5.41) is 4.38. The molecule has 0 N–H and O–H groups in total. The van der Waals surface area contributed by atoms with E-state index in [4.69, 9.17) is 0 Å². The Labute approximate surface area is 139 Å². The highest BCUT2D eigenvalue weighted by molar-refractivity contribution is 5.72. The molecule has 0 saturated heterocycles. The van der Waals surface area contributed by atoms with Gasteiger partial charge in [0.25, 0.3) is 0 Å². The maximum absolute atomic E-state index is 13.1. The van der Waals surface area contributed by atoms with Crippen LogP contribution in [0.1, 0.15) is 0 Å². The number of hydrogen-bond donors (Lipinski definition) is 0. The Kier molecular flexibility index (Phi) is 3.63. The molecule has 0 aliphatic heterocycles. The summed E-state index contributed by atoms with van der Waals surface area (Å²) in [7, 11) is 0. The summed E-state index contributed by atoms with van der Waals surface area (Å²) in [5.41, 5.74) is 3.99. The van der Waals surface area contributed by atoms with Crippen LogP contribution in [0.3, 0.4) is 0 Å². The average Bonchev–Trinajstić information content (AvgIpc) is 3.13. The first kappa shape index (κ1) is 14.3. The quantitative estimate of drug-likeness (QED) is 0.546. The highest BCUT2D eigenvalue weighted by Crippen LogP contribution is 2.27. The molecule has 0 aliphatic rings. The summed E-state index contributed by atoms with van der Waals surface area (Å²) in [5.74, 6) is 0.535. The first-order chi connectivity index (χ1) is 11.8. The zero-order chi connectivity index (χ0) is 16.4. The lowest BCUT2D eigenvalue weighted by molar-refractivity contribution is 0.628. The van der Waals surface area contributed by atoms with Crippen LogP contribution in [-0.4, -0.2) is 14.8 Å². The monoisotopic (exact) mass is 315 g/mol. The Bertz CT molecular complexity index is 960. The summed E-state index contributed by atoms with van der Waals surface area (Å²) in [6.07, 6.45) is 3.50. The predicted molar refractivity (Wildman–Crippen MR) is 92.2 cm³/mol. The van der Waals surface area contributed by atoms with Crippen LogP contribution in [0.4, 0.5) is 4.39 Å². The van der Waals surface area contributed by atoms with Crippen molar-refractivity contribution in [2.24, 2.45) is 0 Å². The van der Waals surface area contributed by atoms with E-state index in [0.717, 1.165) is 28.2 Å². The zero-order valence-electron chi connectivity index (χ0n) is 12.8. The van der Waals surface area contributed by atoms with Gasteiger partial charge in [0.15, 0.2) is 5.82 Å². The van der Waals surface area contributed by atoms with Crippen molar-refractivity contribution >= 4 is 0 Å². The second-order valence-electron chi connectivity index (χ2n) is 5.40. The summed E-state index contributed by atoms with van der Waals surface area (Å²) in [4.78, 5) is 4.36. The molecule has 0 bridgehead atoms. The van der Waals surface area contributed by atoms with Gasteiger partial charge >= 0.3 is 0 Å². The number of pyridine rings is 1. The van der Waals surface area contributed by atoms with Gasteiger partial charge in [-0.25, -0.2) is 14.1 Å². The molecule has 4 aromatic rings. The standard InChI is InChI=1S/C20H14FN3/c21-18-9-7-15(8-10-18)16-4-3-5-17(14-16)19-11-13-23-24(19)20-6-1-2-12-22-20/h1-14H. The van der Waals surface area contributed by atoms with Crippen molar-refractivity contribution in [3.63, 3.8) is 0 Å². The summed E-state index contributed by atoms with van der Waals surface area (Å²) >= 11 is 0. The van der Waals surface area contributed by atoms with Crippen LogP contribution < -0.4 is 0 Å². The predicted octanol–water partition coefficient (Wildman–Crippen LogP) is 4.74. The van der Waals surface area contributed by atoms with Crippen molar-refractivity contribution in [3.8, 4) is 28.2 Å². The number of benzene rings is 2. The van der Waals surface area contributed by atoms with E-state index >= 15 is 0 Å². The maximum Gasteiger partial charge on any atom is 0.153 e. The second kappa shape index (κ2) is 6.08. The lowest BCUT2D eigenvalue weighted by Crippen LogP contribution is -2.00. The maximum atomic E-state index is 13.1. The van der Waals surface area contributed by atoms with Crippen LogP contribution in [0.25, 0.3) is 28.2 Å². The molecule has 4 rings (SSSR count). The normalized spacial score (nSPS) is 10.7. The summed E-state index contributed by atoms with van der Waals surface area (Å²) in [6, 6.07) is 22.3. The zero-order valence-corrected chi connectivity index (χ0v) is 12.8. The lowest BCUT2D eigenvalue weighted by atomic mass is 10.0. The van der Waals surface area contributed by atoms with Crippen LogP contribution in [0.2, 0.25) is 0 Å². The van der Waals surface area contributed by atoms with Gasteiger partial charge < -0.3 is 0 Å². The van der Waals surface area contributed by atoms with Gasteiger partial charge in [-0.05, 0) is 47.5 Å². The van der Waals surface area contributed by atoms with Gasteiger partial charge in [0, 0.05) is 11.8 Å². The Morgan fingerprint density at radius 1 is 0.708 bits per heavy atom. The summed E-state index contributed by atoms with van der Waals surface area (Å²) in [6.45, 7) is 0. The number of rotatable bonds is 3. The van der Waals surface area contributed by atoms with Crippen molar-refractivity contribution in [2.75, 3.05) is 0 Å². The highest BCUT2D eigenvalue weighted by atomic mass is 19.1. The van der Waals surface area contributed by atoms with Crippen molar-refractivity contribution in [2.45, 2.75) is 0 Å². The van der Waals surface area contributed by atoms with Crippen molar-refractivity contribution in [3.05, 3.63) is 91.0 Å². The molecule has 0 fully saturated rings. The minimum atomic E-state index is -0.233. The van der Waals surface area contributed by atoms with Gasteiger partial charge in [-0.2, -0.15) is 5.10 Å². The number of halogens is 1. The Hall–Kier alpha value is -3.27.